The van der Waals surface area contributed by atoms with Gasteiger partial charge in [-0.2, -0.15) is 0 Å². The highest BCUT2D eigenvalue weighted by Crippen LogP contribution is 2.44. The second kappa shape index (κ2) is 26.2. The number of benzene rings is 7. The van der Waals surface area contributed by atoms with Crippen LogP contribution >= 0.6 is 0 Å². The van der Waals surface area contributed by atoms with Crippen molar-refractivity contribution in [2.24, 2.45) is 4.99 Å². The van der Waals surface area contributed by atoms with Crippen molar-refractivity contribution in [1.82, 2.24) is 20.4 Å². The SMILES string of the molecule is C=C(C)C(=O)NCCCN(Cc1ccccc1B(O)O)Cc1c2ccccc2c(CN(CCCNC(=O)C(=C)C)Cc2ccccc2B(O)O)c2cc(-c3ccc(C)c(C4=C5C=C/C(=N\C)C=C5[Si](C)(C)c5cc(NC)ccc54)c3)ccc12. The van der Waals surface area contributed by atoms with Crippen molar-refractivity contribution in [1.29, 1.82) is 0 Å². The molecular formula is C68H76B2N6O6Si. The van der Waals surface area contributed by atoms with E-state index in [0.29, 0.717) is 87.3 Å². The molecule has 15 heteroatoms. The van der Waals surface area contributed by atoms with E-state index >= 15 is 0 Å². The first-order valence-electron chi connectivity index (χ1n) is 28.6. The van der Waals surface area contributed by atoms with Gasteiger partial charge in [0.15, 0.2) is 0 Å². The molecule has 0 fully saturated rings. The van der Waals surface area contributed by atoms with Gasteiger partial charge in [0.1, 0.15) is 8.07 Å². The number of aryl methyl sites for hydroxylation is 1. The second-order valence-electron chi connectivity index (χ2n) is 22.6. The summed E-state index contributed by atoms with van der Waals surface area (Å²) in [6.07, 6.45) is 7.94. The van der Waals surface area contributed by atoms with Crippen LogP contribution in [-0.4, -0.2) is 110 Å². The lowest BCUT2D eigenvalue weighted by atomic mass is 9.77. The number of rotatable bonds is 23. The number of aliphatic imine (C=N–C) groups is 1. The quantitative estimate of drug-likeness (QED) is 0.0144. The number of carbonyl (C=O) groups is 2. The van der Waals surface area contributed by atoms with Crippen molar-refractivity contribution in [2.75, 3.05) is 45.6 Å². The Labute approximate surface area is 490 Å². The molecule has 0 bridgehead atoms. The molecule has 12 nitrogen and oxygen atoms in total. The van der Waals surface area contributed by atoms with Crippen LogP contribution in [0.2, 0.25) is 13.1 Å². The number of allylic oxidation sites excluding steroid dienone is 5. The van der Waals surface area contributed by atoms with Gasteiger partial charge in [-0.1, -0.05) is 135 Å². The number of nitrogens with zero attached hydrogens (tertiary/aromatic N) is 3. The van der Waals surface area contributed by atoms with Gasteiger partial charge < -0.3 is 36.0 Å². The van der Waals surface area contributed by atoms with Crippen molar-refractivity contribution in [3.8, 4) is 11.1 Å². The monoisotopic (exact) mass is 1120 g/mol. The standard InChI is InChI=1S/C68H76B2N6O6Si/c1-44(2)67(77)73-32-16-34-75(40-49-18-10-14-22-62(49)69(79)80)42-60-53-20-12-13-21-54(53)61(43-76(35-17-33-74-68(78)45(3)4)41-50-19-11-15-23-63(50)70(81)82)59-37-48(26-29-55(59)60)47-25-24-46(5)58(36-47)66-56-30-27-51(71-6)38-64(56)83(8,9)65-39-52(72-7)28-31-57(65)66/h10-15,18-31,36-39,71,79-82H,1,3,16-17,32-35,40-43H2,2,4-9H3,(H,73,77)(H,74,78)/b72-52+. The summed E-state index contributed by atoms with van der Waals surface area (Å²) < 4.78 is 0. The predicted molar refractivity (Wildman–Crippen MR) is 347 cm³/mol. The average Bonchev–Trinajstić information content (AvgIpc) is 3.67. The fourth-order valence-electron chi connectivity index (χ4n) is 11.9. The summed E-state index contributed by atoms with van der Waals surface area (Å²) in [5.74, 6) is -0.393. The molecule has 1 aliphatic carbocycles. The van der Waals surface area contributed by atoms with E-state index in [4.69, 9.17) is 0 Å². The molecule has 0 saturated heterocycles. The Balaban J connectivity index is 1.24. The highest BCUT2D eigenvalue weighted by atomic mass is 28.3. The minimum absolute atomic E-state index is 0.196. The Hall–Kier alpha value is -7.72. The number of hydrogen-bond acceptors (Lipinski definition) is 10. The van der Waals surface area contributed by atoms with Gasteiger partial charge in [-0.25, -0.2) is 0 Å². The topological polar surface area (TPSA) is 170 Å². The summed E-state index contributed by atoms with van der Waals surface area (Å²) in [7, 11) is -1.70. The van der Waals surface area contributed by atoms with E-state index in [-0.39, 0.29) is 11.8 Å². The molecule has 7 aromatic carbocycles. The Morgan fingerprint density at radius 3 is 1.67 bits per heavy atom. The lowest BCUT2D eigenvalue weighted by Gasteiger charge is -2.38. The summed E-state index contributed by atoms with van der Waals surface area (Å²) >= 11 is 0. The molecular weight excluding hydrogens is 1050 g/mol. The lowest BCUT2D eigenvalue weighted by molar-refractivity contribution is -0.118. The molecule has 0 spiro atoms. The molecule has 9 rings (SSSR count). The summed E-state index contributed by atoms with van der Waals surface area (Å²) in [5.41, 5.74) is 15.7. The summed E-state index contributed by atoms with van der Waals surface area (Å²) in [6, 6.07) is 43.8. The predicted octanol–water partition coefficient (Wildman–Crippen LogP) is 8.38. The normalized spacial score (nSPS) is 14.0. The zero-order valence-electron chi connectivity index (χ0n) is 48.9. The first-order valence-corrected chi connectivity index (χ1v) is 31.6. The van der Waals surface area contributed by atoms with Crippen molar-refractivity contribution in [2.45, 2.75) is 72.9 Å². The maximum absolute atomic E-state index is 12.7. The largest absolute Gasteiger partial charge is 0.488 e. The number of hydrogen-bond donors (Lipinski definition) is 7. The Kier molecular flexibility index (Phi) is 18.9. The van der Waals surface area contributed by atoms with Crippen LogP contribution in [0.25, 0.3) is 38.2 Å². The van der Waals surface area contributed by atoms with Crippen LogP contribution in [0.1, 0.15) is 65.6 Å². The summed E-state index contributed by atoms with van der Waals surface area (Å²) in [4.78, 5) is 34.6. The second-order valence-corrected chi connectivity index (χ2v) is 26.9. The first kappa shape index (κ1) is 59.9. The van der Waals surface area contributed by atoms with Crippen LogP contribution in [0, 0.1) is 6.92 Å². The van der Waals surface area contributed by atoms with Crippen LogP contribution in [0.4, 0.5) is 5.69 Å². The molecule has 1 aliphatic heterocycles. The molecule has 7 N–H and O–H groups in total. The number of amides is 2. The minimum atomic E-state index is -2.21. The maximum Gasteiger partial charge on any atom is 0.488 e. The van der Waals surface area contributed by atoms with Crippen LogP contribution in [0.5, 0.6) is 0 Å². The van der Waals surface area contributed by atoms with Crippen molar-refractivity contribution < 1.29 is 29.7 Å². The van der Waals surface area contributed by atoms with E-state index in [0.717, 1.165) is 77.5 Å². The smallest absolute Gasteiger partial charge is 0.423 e. The number of nitrogens with one attached hydrogen (secondary N) is 3. The Bertz CT molecular complexity index is 3790. The van der Waals surface area contributed by atoms with E-state index < -0.39 is 22.3 Å². The average molecular weight is 1120 g/mol. The lowest BCUT2D eigenvalue weighted by Crippen LogP contribution is -2.49. The van der Waals surface area contributed by atoms with Gasteiger partial charge in [-0.3, -0.25) is 24.4 Å². The third kappa shape index (κ3) is 13.2. The number of fused-ring (bicyclic) bond motifs is 4. The highest BCUT2D eigenvalue weighted by Gasteiger charge is 2.40. The molecule has 0 unspecified atom stereocenters. The molecule has 0 saturated carbocycles. The third-order valence-corrected chi connectivity index (χ3v) is 19.9. The van der Waals surface area contributed by atoms with Crippen LogP contribution < -0.4 is 32.1 Å². The van der Waals surface area contributed by atoms with Gasteiger partial charge in [-0.05, 0) is 174 Å². The van der Waals surface area contributed by atoms with E-state index in [1.807, 2.05) is 50.5 Å². The molecule has 83 heavy (non-hydrogen) atoms. The van der Waals surface area contributed by atoms with E-state index in [1.165, 1.54) is 27.1 Å². The first-order chi connectivity index (χ1) is 39.9. The van der Waals surface area contributed by atoms with Gasteiger partial charge in [-0.15, -0.1) is 0 Å². The molecule has 7 aromatic rings. The highest BCUT2D eigenvalue weighted by molar-refractivity contribution is 6.98. The number of carbonyl (C=O) groups excluding carboxylic acids is 2. The molecule has 0 radical (unpaired) electrons. The van der Waals surface area contributed by atoms with Crippen molar-refractivity contribution >= 4 is 88.8 Å². The van der Waals surface area contributed by atoms with Crippen LogP contribution in [-0.2, 0) is 35.8 Å². The molecule has 424 valence electrons. The van der Waals surface area contributed by atoms with Gasteiger partial charge in [0.05, 0.1) is 5.71 Å². The van der Waals surface area contributed by atoms with Gasteiger partial charge >= 0.3 is 14.2 Å². The fraction of sp³-hybridized carbons (Fsp3) is 0.250. The zero-order valence-corrected chi connectivity index (χ0v) is 49.9. The van der Waals surface area contributed by atoms with Crippen molar-refractivity contribution in [3.63, 3.8) is 0 Å². The molecule has 2 amide bonds. The van der Waals surface area contributed by atoms with E-state index in [2.05, 4.69) is 161 Å². The van der Waals surface area contributed by atoms with Gasteiger partial charge in [0, 0.05) is 83.3 Å². The van der Waals surface area contributed by atoms with Crippen LogP contribution in [0.15, 0.2) is 186 Å². The summed E-state index contributed by atoms with van der Waals surface area (Å²) in [5, 5.41) is 58.7. The molecule has 0 aromatic heterocycles. The van der Waals surface area contributed by atoms with Crippen LogP contribution in [0.3, 0.4) is 0 Å². The van der Waals surface area contributed by atoms with E-state index in [9.17, 15) is 29.7 Å². The fourth-order valence-corrected chi connectivity index (χ4v) is 15.0. The van der Waals surface area contributed by atoms with E-state index in [1.54, 1.807) is 26.0 Å². The van der Waals surface area contributed by atoms with Crippen molar-refractivity contribution in [3.05, 3.63) is 220 Å². The third-order valence-electron chi connectivity index (χ3n) is 16.4. The maximum atomic E-state index is 12.7. The van der Waals surface area contributed by atoms with Gasteiger partial charge in [0.2, 0.25) is 11.8 Å². The number of anilines is 1. The Morgan fingerprint density at radius 1 is 0.614 bits per heavy atom. The Morgan fingerprint density at radius 2 is 1.13 bits per heavy atom. The zero-order chi connectivity index (χ0) is 59.1. The minimum Gasteiger partial charge on any atom is -0.423 e. The van der Waals surface area contributed by atoms with Gasteiger partial charge in [0.25, 0.3) is 0 Å². The summed E-state index contributed by atoms with van der Waals surface area (Å²) in [6.45, 7) is 21.9. The molecule has 0 atom stereocenters. The molecule has 2 aliphatic rings. The molecule has 1 heterocycles.